The van der Waals surface area contributed by atoms with E-state index in [4.69, 9.17) is 30.1 Å². The van der Waals surface area contributed by atoms with Gasteiger partial charge in [-0.3, -0.25) is 17.5 Å². The molecule has 0 aliphatic heterocycles. The van der Waals surface area contributed by atoms with Crippen molar-refractivity contribution in [3.63, 3.8) is 0 Å². The molecule has 12 heteroatoms. The summed E-state index contributed by atoms with van der Waals surface area (Å²) >= 11 is 0. The molecular weight excluding hydrogens is 636 g/mol. The summed E-state index contributed by atoms with van der Waals surface area (Å²) in [5.41, 5.74) is 0. The van der Waals surface area contributed by atoms with Gasteiger partial charge < -0.3 is 25.0 Å². The second kappa shape index (κ2) is 37.3. The molecule has 1 rings (SSSR count). The van der Waals surface area contributed by atoms with Crippen LogP contribution in [0.1, 0.15) is 42.0 Å². The number of aliphatic hydroxyl groups excluding tert-OH is 1. The maximum Gasteiger partial charge on any atom is 0.300 e. The average molecular weight is 681 g/mol. The van der Waals surface area contributed by atoms with Crippen LogP contribution in [0.5, 0.6) is 0 Å². The average Bonchev–Trinajstić information content (AvgIpc) is 2.57. The molecule has 31 heavy (non-hydrogen) atoms. The summed E-state index contributed by atoms with van der Waals surface area (Å²) in [7, 11) is 3.33. The fraction of sp³-hybridized carbons (Fsp3) is 0.579. The smallest absolute Gasteiger partial charge is 0.300 e. The van der Waals surface area contributed by atoms with Gasteiger partial charge in [0.05, 0.1) is 0 Å². The molecule has 194 valence electrons. The summed E-state index contributed by atoms with van der Waals surface area (Å²) in [6.45, 7) is 10.4. The molecule has 7 nitrogen and oxygen atoms in total. The molecule has 0 saturated heterocycles. The van der Waals surface area contributed by atoms with Crippen LogP contribution in [0.25, 0.3) is 5.16 Å². The van der Waals surface area contributed by atoms with Crippen molar-refractivity contribution in [2.24, 2.45) is 0 Å². The number of carbonyl (C=O) groups is 2. The third-order valence-electron chi connectivity index (χ3n) is 2.99. The molecule has 0 spiro atoms. The fourth-order valence-corrected chi connectivity index (χ4v) is 3.91. The Morgan fingerprint density at radius 3 is 1.52 bits per heavy atom. The van der Waals surface area contributed by atoms with Gasteiger partial charge in [0.25, 0.3) is 11.9 Å². The second-order valence-electron chi connectivity index (χ2n) is 5.58. The van der Waals surface area contributed by atoms with Crippen LogP contribution in [-0.2, 0) is 50.4 Å². The molecule has 0 aliphatic carbocycles. The normalized spacial score (nSPS) is 8.03. The molecule has 1 aromatic rings. The van der Waals surface area contributed by atoms with Crippen LogP contribution in [-0.4, -0.2) is 70.7 Å². The van der Waals surface area contributed by atoms with Crippen molar-refractivity contribution in [1.29, 1.82) is 0 Å². The molecule has 0 bridgehead atoms. The van der Waals surface area contributed by atoms with Crippen LogP contribution >= 0.6 is 7.92 Å². The van der Waals surface area contributed by atoms with E-state index >= 15 is 0 Å². The van der Waals surface area contributed by atoms with Gasteiger partial charge in [-0.1, -0.05) is 65.2 Å². The molecule has 0 saturated carbocycles. The summed E-state index contributed by atoms with van der Waals surface area (Å²) < 4.78 is 2.54. The van der Waals surface area contributed by atoms with Gasteiger partial charge in [-0.2, -0.15) is 0 Å². The monoisotopic (exact) mass is 679 g/mol. The molecule has 0 unspecified atom stereocenters. The molecule has 0 aliphatic rings. The van der Waals surface area contributed by atoms with E-state index in [1.807, 2.05) is 0 Å². The first-order valence-electron chi connectivity index (χ1n) is 8.30. The van der Waals surface area contributed by atoms with Crippen LogP contribution in [0.2, 0.25) is 13.1 Å². The zero-order chi connectivity index (χ0) is 22.5. The van der Waals surface area contributed by atoms with E-state index in [1.165, 1.54) is 18.2 Å². The van der Waals surface area contributed by atoms with Crippen molar-refractivity contribution in [2.45, 2.75) is 55.1 Å². The van der Waals surface area contributed by atoms with E-state index in [9.17, 15) is 0 Å². The molecule has 0 atom stereocenters. The minimum atomic E-state index is -1.37. The number of carboxylic acids is 2. The van der Waals surface area contributed by atoms with E-state index in [0.29, 0.717) is 7.92 Å². The first kappa shape index (κ1) is 52.7. The number of hydrogen-bond donors (Lipinski definition) is 3. The van der Waals surface area contributed by atoms with Crippen LogP contribution in [0.3, 0.4) is 0 Å². The first-order valence-corrected chi connectivity index (χ1v) is 15.2. The molecule has 0 heterocycles. The van der Waals surface area contributed by atoms with Crippen molar-refractivity contribution in [1.82, 2.24) is 4.57 Å². The van der Waals surface area contributed by atoms with Gasteiger partial charge in [0.15, 0.2) is 8.24 Å². The topological polar surface area (TPSA) is 120 Å². The van der Waals surface area contributed by atoms with Crippen molar-refractivity contribution < 1.29 is 65.8 Å². The summed E-state index contributed by atoms with van der Waals surface area (Å²) in [6, 6.07) is 10.9. The van der Waals surface area contributed by atoms with Crippen LogP contribution in [0.15, 0.2) is 30.3 Å². The quantitative estimate of drug-likeness (QED) is 0.331. The summed E-state index contributed by atoms with van der Waals surface area (Å²) in [5.74, 6) is -1.67. The van der Waals surface area contributed by atoms with Gasteiger partial charge in [0, 0.05) is 71.7 Å². The van der Waals surface area contributed by atoms with E-state index in [0.717, 1.165) is 30.9 Å². The van der Waals surface area contributed by atoms with Gasteiger partial charge in [0.2, 0.25) is 0 Å². The second-order valence-corrected chi connectivity index (χ2v) is 11.6. The third-order valence-corrected chi connectivity index (χ3v) is 6.87. The van der Waals surface area contributed by atoms with E-state index in [1.54, 1.807) is 0 Å². The Hall–Kier alpha value is -0.0616. The van der Waals surface area contributed by atoms with Gasteiger partial charge >= 0.3 is 0 Å². The van der Waals surface area contributed by atoms with E-state index < -0.39 is 20.2 Å². The SMILES string of the molecule is C.C.CC(=O)O.CC(=O)O.CCCN(C)[Si](C)(C)c1ccccc1.CO.[N-]=P[SiH3].[Pd].[Pd]. The first-order chi connectivity index (χ1) is 12.5. The molecule has 0 fully saturated rings. The Labute approximate surface area is 223 Å². The zero-order valence-corrected chi connectivity index (χ0v) is 25.4. The Bertz CT molecular complexity index is 483. The number of aliphatic carboxylic acids is 2. The molecule has 0 radical (unpaired) electrons. The van der Waals surface area contributed by atoms with E-state index in [-0.39, 0.29) is 55.7 Å². The Balaban J connectivity index is -0.0000000441. The Morgan fingerprint density at radius 1 is 1.03 bits per heavy atom. The molecular formula is C19H44N2O5PPd2Si2-. The number of benzene rings is 1. The minimum Gasteiger partial charge on any atom is -0.789 e. The summed E-state index contributed by atoms with van der Waals surface area (Å²) in [6.07, 6.45) is 1.24. The maximum absolute atomic E-state index is 9.00. The molecule has 0 aromatic heterocycles. The van der Waals surface area contributed by atoms with Gasteiger partial charge in [-0.25, -0.2) is 0 Å². The van der Waals surface area contributed by atoms with Crippen LogP contribution < -0.4 is 5.19 Å². The number of carboxylic acid groups (broad SMARTS) is 2. The van der Waals surface area contributed by atoms with Gasteiger partial charge in [-0.15, -0.1) is 0 Å². The summed E-state index contributed by atoms with van der Waals surface area (Å²) in [4.78, 5) is 18.0. The van der Waals surface area contributed by atoms with Crippen molar-refractivity contribution in [3.05, 3.63) is 35.5 Å². The molecule has 3 N–H and O–H groups in total. The predicted molar refractivity (Wildman–Crippen MR) is 135 cm³/mol. The van der Waals surface area contributed by atoms with Crippen LogP contribution in [0, 0.1) is 0 Å². The van der Waals surface area contributed by atoms with Crippen molar-refractivity contribution in [2.75, 3.05) is 20.7 Å². The minimum absolute atomic E-state index is 0. The zero-order valence-electron chi connectivity index (χ0n) is 18.4. The fourth-order valence-electron chi connectivity index (χ4n) is 1.68. The van der Waals surface area contributed by atoms with Gasteiger partial charge in [0.1, 0.15) is 0 Å². The van der Waals surface area contributed by atoms with Crippen molar-refractivity contribution in [3.8, 4) is 0 Å². The molecule has 1 aromatic carbocycles. The van der Waals surface area contributed by atoms with Gasteiger partial charge in [-0.05, 0) is 25.2 Å². The largest absolute Gasteiger partial charge is 0.789 e. The number of hydrogen-bond acceptors (Lipinski definition) is 4. The maximum atomic E-state index is 9.00. The number of rotatable bonds is 4. The summed E-state index contributed by atoms with van der Waals surface area (Å²) in [5, 5.41) is 31.0. The van der Waals surface area contributed by atoms with E-state index in [2.05, 4.69) is 62.0 Å². The predicted octanol–water partition coefficient (Wildman–Crippen LogP) is 3.46. The Morgan fingerprint density at radius 2 is 1.29 bits per heavy atom. The van der Waals surface area contributed by atoms with Crippen LogP contribution in [0.4, 0.5) is 0 Å². The van der Waals surface area contributed by atoms with Crippen molar-refractivity contribution >= 4 is 43.2 Å². The number of aliphatic hydroxyl groups is 1. The third kappa shape index (κ3) is 44.4. The standard InChI is InChI=1S/C12H21NSi.2C2H4O2.CH4O.2CH4.H3NPSi.2Pd/c1-5-11-13(2)14(3,4)12-9-7-6-8-10-12;2*1-2(3)4;1-2;;;1-2-3;;/h6-10H,5,11H2,1-4H3;2*1H3,(H,3,4);2H,1H3;2*1H4;3H3;;/q;;;;;;-1;;. The molecule has 0 amide bonds. The Kier molecular flexibility index (Phi) is 63.4. The number of nitrogens with zero attached hydrogens (tertiary/aromatic N) is 2.